The summed E-state index contributed by atoms with van der Waals surface area (Å²) in [5.41, 5.74) is 3.98. The summed E-state index contributed by atoms with van der Waals surface area (Å²) in [6, 6.07) is 0. The van der Waals surface area contributed by atoms with Crippen molar-refractivity contribution in [2.75, 3.05) is 7.11 Å². The van der Waals surface area contributed by atoms with Crippen molar-refractivity contribution in [2.45, 2.75) is 25.4 Å². The molecule has 0 aliphatic heterocycles. The van der Waals surface area contributed by atoms with E-state index < -0.39 is 0 Å². The third kappa shape index (κ3) is 5.46. The molecule has 0 radical (unpaired) electrons. The summed E-state index contributed by atoms with van der Waals surface area (Å²) >= 11 is 0. The molecule has 7 nitrogen and oxygen atoms in total. The van der Waals surface area contributed by atoms with Crippen LogP contribution < -0.4 is 22.5 Å². The van der Waals surface area contributed by atoms with Crippen molar-refractivity contribution in [1.29, 1.82) is 0 Å². The van der Waals surface area contributed by atoms with Crippen LogP contribution in [0.1, 0.15) is 19.3 Å². The molecule has 0 bridgehead atoms. The first kappa shape index (κ1) is 12.8. The largest absolute Gasteiger partial charge is 0.381 e. The van der Waals surface area contributed by atoms with Crippen LogP contribution in [0, 0.1) is 0 Å². The van der Waals surface area contributed by atoms with E-state index in [9.17, 15) is 9.59 Å². The quantitative estimate of drug-likeness (QED) is 0.230. The SMILES string of the molecule is COC(CCC(=O)NN)CC(=O)NN. The minimum atomic E-state index is -0.329. The molecule has 82 valence electrons. The van der Waals surface area contributed by atoms with Crippen LogP contribution >= 0.6 is 0 Å². The molecular weight excluding hydrogens is 188 g/mol. The van der Waals surface area contributed by atoms with Gasteiger partial charge in [0.25, 0.3) is 0 Å². The minimum absolute atomic E-state index is 0.130. The molecule has 2 amide bonds. The highest BCUT2D eigenvalue weighted by Gasteiger charge is 2.13. The smallest absolute Gasteiger partial charge is 0.236 e. The number of carbonyl (C=O) groups is 2. The van der Waals surface area contributed by atoms with Crippen LogP contribution in [-0.4, -0.2) is 25.0 Å². The predicted octanol–water partition coefficient (Wildman–Crippen LogP) is -1.85. The maximum absolute atomic E-state index is 10.9. The molecule has 1 unspecified atom stereocenters. The molecule has 7 heteroatoms. The van der Waals surface area contributed by atoms with Crippen LogP contribution in [0.2, 0.25) is 0 Å². The van der Waals surface area contributed by atoms with E-state index in [1.807, 2.05) is 10.9 Å². The van der Waals surface area contributed by atoms with Crippen molar-refractivity contribution in [1.82, 2.24) is 10.9 Å². The highest BCUT2D eigenvalue weighted by Crippen LogP contribution is 2.05. The highest BCUT2D eigenvalue weighted by atomic mass is 16.5. The number of nitrogens with one attached hydrogen (secondary N) is 2. The molecule has 0 aliphatic carbocycles. The Balaban J connectivity index is 3.79. The lowest BCUT2D eigenvalue weighted by Crippen LogP contribution is -2.34. The van der Waals surface area contributed by atoms with Crippen LogP contribution in [0.15, 0.2) is 0 Å². The summed E-state index contributed by atoms with van der Waals surface area (Å²) in [7, 11) is 1.47. The molecule has 1 atom stereocenters. The van der Waals surface area contributed by atoms with Gasteiger partial charge in [-0.15, -0.1) is 0 Å². The fraction of sp³-hybridized carbons (Fsp3) is 0.714. The lowest BCUT2D eigenvalue weighted by Gasteiger charge is -2.13. The lowest BCUT2D eigenvalue weighted by molar-refractivity contribution is -0.125. The van der Waals surface area contributed by atoms with Crippen molar-refractivity contribution in [3.8, 4) is 0 Å². The molecule has 0 aromatic heterocycles. The van der Waals surface area contributed by atoms with Gasteiger partial charge in [-0.1, -0.05) is 0 Å². The monoisotopic (exact) mass is 204 g/mol. The Hall–Kier alpha value is -1.18. The number of rotatable bonds is 6. The van der Waals surface area contributed by atoms with Crippen LogP contribution in [0.4, 0.5) is 0 Å². The van der Waals surface area contributed by atoms with E-state index >= 15 is 0 Å². The topological polar surface area (TPSA) is 119 Å². The highest BCUT2D eigenvalue weighted by molar-refractivity contribution is 5.76. The van der Waals surface area contributed by atoms with Gasteiger partial charge in [0.15, 0.2) is 0 Å². The lowest BCUT2D eigenvalue weighted by atomic mass is 10.1. The van der Waals surface area contributed by atoms with E-state index in [1.165, 1.54) is 7.11 Å². The zero-order valence-electron chi connectivity index (χ0n) is 8.08. The van der Waals surface area contributed by atoms with Gasteiger partial charge in [0.05, 0.1) is 12.5 Å². The molecule has 0 saturated heterocycles. The van der Waals surface area contributed by atoms with E-state index in [4.69, 9.17) is 16.4 Å². The maximum Gasteiger partial charge on any atom is 0.236 e. The molecular formula is C7H16N4O3. The number of nitrogens with two attached hydrogens (primary N) is 2. The predicted molar refractivity (Wildman–Crippen MR) is 49.3 cm³/mol. The molecule has 0 aromatic carbocycles. The molecule has 0 aliphatic rings. The third-order valence-electron chi connectivity index (χ3n) is 1.76. The van der Waals surface area contributed by atoms with Crippen LogP contribution in [-0.2, 0) is 14.3 Å². The average Bonchev–Trinajstić information content (AvgIpc) is 2.22. The van der Waals surface area contributed by atoms with Gasteiger partial charge in [0.1, 0.15) is 0 Å². The number of amides is 2. The summed E-state index contributed by atoms with van der Waals surface area (Å²) < 4.78 is 4.98. The van der Waals surface area contributed by atoms with Gasteiger partial charge in [-0.3, -0.25) is 20.4 Å². The van der Waals surface area contributed by atoms with E-state index in [1.54, 1.807) is 0 Å². The van der Waals surface area contributed by atoms with Crippen LogP contribution in [0.25, 0.3) is 0 Å². The zero-order chi connectivity index (χ0) is 11.0. The van der Waals surface area contributed by atoms with E-state index in [0.717, 1.165) is 0 Å². The first-order valence-electron chi connectivity index (χ1n) is 4.15. The summed E-state index contributed by atoms with van der Waals surface area (Å²) in [5.74, 6) is 9.17. The third-order valence-corrected chi connectivity index (χ3v) is 1.76. The van der Waals surface area contributed by atoms with Crippen molar-refractivity contribution in [3.63, 3.8) is 0 Å². The first-order chi connectivity index (χ1) is 6.63. The first-order valence-corrected chi connectivity index (χ1v) is 4.15. The van der Waals surface area contributed by atoms with E-state index in [2.05, 4.69) is 0 Å². The van der Waals surface area contributed by atoms with Gasteiger partial charge >= 0.3 is 0 Å². The number of hydrogen-bond acceptors (Lipinski definition) is 5. The van der Waals surface area contributed by atoms with Crippen molar-refractivity contribution in [2.24, 2.45) is 11.7 Å². The molecule has 0 rings (SSSR count). The second-order valence-electron chi connectivity index (χ2n) is 2.74. The Bertz CT molecular complexity index is 197. The number of carbonyl (C=O) groups excluding carboxylic acids is 2. The molecule has 0 heterocycles. The summed E-state index contributed by atoms with van der Waals surface area (Å²) in [6.45, 7) is 0. The van der Waals surface area contributed by atoms with Crippen molar-refractivity contribution in [3.05, 3.63) is 0 Å². The van der Waals surface area contributed by atoms with Crippen LogP contribution in [0.5, 0.6) is 0 Å². The van der Waals surface area contributed by atoms with Gasteiger partial charge in [0, 0.05) is 13.5 Å². The molecule has 14 heavy (non-hydrogen) atoms. The fourth-order valence-electron chi connectivity index (χ4n) is 0.933. The van der Waals surface area contributed by atoms with E-state index in [0.29, 0.717) is 6.42 Å². The van der Waals surface area contributed by atoms with Gasteiger partial charge in [0.2, 0.25) is 11.8 Å². The Kier molecular flexibility index (Phi) is 6.63. The Morgan fingerprint density at radius 3 is 2.29 bits per heavy atom. The minimum Gasteiger partial charge on any atom is -0.381 e. The Morgan fingerprint density at radius 1 is 1.29 bits per heavy atom. The zero-order valence-corrected chi connectivity index (χ0v) is 8.08. The summed E-state index contributed by atoms with van der Waals surface area (Å²) in [6.07, 6.45) is 0.445. The van der Waals surface area contributed by atoms with Crippen LogP contribution in [0.3, 0.4) is 0 Å². The van der Waals surface area contributed by atoms with Gasteiger partial charge < -0.3 is 4.74 Å². The number of hydrazine groups is 2. The van der Waals surface area contributed by atoms with Gasteiger partial charge in [-0.25, -0.2) is 11.7 Å². The molecule has 0 fully saturated rings. The summed E-state index contributed by atoms with van der Waals surface area (Å²) in [4.78, 5) is 21.6. The number of ether oxygens (including phenoxy) is 1. The van der Waals surface area contributed by atoms with Crippen molar-refractivity contribution >= 4 is 11.8 Å². The molecule has 0 saturated carbocycles. The maximum atomic E-state index is 10.9. The van der Waals surface area contributed by atoms with Gasteiger partial charge in [-0.05, 0) is 6.42 Å². The summed E-state index contributed by atoms with van der Waals surface area (Å²) in [5, 5.41) is 0. The van der Waals surface area contributed by atoms with Gasteiger partial charge in [-0.2, -0.15) is 0 Å². The number of hydrogen-bond donors (Lipinski definition) is 4. The average molecular weight is 204 g/mol. The second kappa shape index (κ2) is 7.25. The molecule has 6 N–H and O–H groups in total. The fourth-order valence-corrected chi connectivity index (χ4v) is 0.933. The Labute approximate surface area is 82.1 Å². The second-order valence-corrected chi connectivity index (χ2v) is 2.74. The Morgan fingerprint density at radius 2 is 1.86 bits per heavy atom. The number of methoxy groups -OCH3 is 1. The molecule has 0 spiro atoms. The normalized spacial score (nSPS) is 11.9. The van der Waals surface area contributed by atoms with Crippen molar-refractivity contribution < 1.29 is 14.3 Å². The standard InChI is InChI=1S/C7H16N4O3/c1-14-5(4-7(13)11-9)2-3-6(12)10-8/h5H,2-4,8-9H2,1H3,(H,10,12)(H,11,13). The molecule has 0 aromatic rings. The van der Waals surface area contributed by atoms with E-state index in [-0.39, 0.29) is 30.8 Å².